The molecule has 2 aromatic carbocycles. The van der Waals surface area contributed by atoms with Crippen LogP contribution >= 0.6 is 0 Å². The van der Waals surface area contributed by atoms with Crippen molar-refractivity contribution >= 4 is 27.4 Å². The predicted molar refractivity (Wildman–Crippen MR) is 119 cm³/mol. The molecule has 34 heavy (non-hydrogen) atoms. The van der Waals surface area contributed by atoms with Gasteiger partial charge in [0.1, 0.15) is 21.3 Å². The van der Waals surface area contributed by atoms with Crippen LogP contribution in [-0.2, 0) is 14.6 Å². The SMILES string of the molecule is Nc1cc(C2(S(=O)(=O)c3ccccc3F)CC2)nc(-c2ccc(NC(=O)NCC(F)F)cc2)n1. The van der Waals surface area contributed by atoms with Crippen LogP contribution in [0, 0.1) is 5.82 Å². The van der Waals surface area contributed by atoms with Crippen molar-refractivity contribution in [2.75, 3.05) is 17.6 Å². The summed E-state index contributed by atoms with van der Waals surface area (Å²) in [4.78, 5) is 19.8. The first-order valence-electron chi connectivity index (χ1n) is 10.2. The third-order valence-corrected chi connectivity index (χ3v) is 7.93. The van der Waals surface area contributed by atoms with E-state index in [2.05, 4.69) is 15.3 Å². The Balaban J connectivity index is 1.61. The summed E-state index contributed by atoms with van der Waals surface area (Å²) in [5.74, 6) is -0.640. The fraction of sp³-hybridized carbons (Fsp3) is 0.227. The summed E-state index contributed by atoms with van der Waals surface area (Å²) in [6.07, 6.45) is -2.15. The van der Waals surface area contributed by atoms with Gasteiger partial charge in [-0.25, -0.2) is 36.4 Å². The lowest BCUT2D eigenvalue weighted by molar-refractivity contribution is 0.148. The number of nitrogens with zero attached hydrogens (tertiary/aromatic N) is 2. The van der Waals surface area contributed by atoms with E-state index in [9.17, 15) is 26.4 Å². The quantitative estimate of drug-likeness (QED) is 0.462. The fourth-order valence-electron chi connectivity index (χ4n) is 3.53. The maximum atomic E-state index is 14.3. The third-order valence-electron chi connectivity index (χ3n) is 5.38. The molecule has 0 radical (unpaired) electrons. The van der Waals surface area contributed by atoms with Gasteiger partial charge in [0.2, 0.25) is 0 Å². The number of nitrogens with two attached hydrogens (primary N) is 1. The number of nitrogen functional groups attached to an aromatic ring is 1. The molecule has 0 bridgehead atoms. The zero-order valence-electron chi connectivity index (χ0n) is 17.6. The van der Waals surface area contributed by atoms with Gasteiger partial charge in [0, 0.05) is 17.3 Å². The molecule has 8 nitrogen and oxygen atoms in total. The van der Waals surface area contributed by atoms with E-state index in [1.54, 1.807) is 12.1 Å². The second-order valence-electron chi connectivity index (χ2n) is 7.73. The zero-order chi connectivity index (χ0) is 24.5. The molecular formula is C22H20F3N5O3S. The Hall–Kier alpha value is -3.67. The summed E-state index contributed by atoms with van der Waals surface area (Å²) in [7, 11) is -4.09. The summed E-state index contributed by atoms with van der Waals surface area (Å²) in [6.45, 7) is -0.776. The van der Waals surface area contributed by atoms with Crippen LogP contribution in [0.2, 0.25) is 0 Å². The lowest BCUT2D eigenvalue weighted by atomic mass is 10.1. The molecule has 0 spiro atoms. The van der Waals surface area contributed by atoms with Crippen LogP contribution in [0.15, 0.2) is 59.5 Å². The summed E-state index contributed by atoms with van der Waals surface area (Å²) in [5.41, 5.74) is 6.92. The monoisotopic (exact) mass is 491 g/mol. The molecule has 12 heteroatoms. The van der Waals surface area contributed by atoms with Gasteiger partial charge in [0.25, 0.3) is 6.43 Å². The number of rotatable bonds is 7. The largest absolute Gasteiger partial charge is 0.384 e. The minimum absolute atomic E-state index is 0.0450. The molecule has 2 amide bonds. The number of benzene rings is 2. The van der Waals surface area contributed by atoms with E-state index in [0.29, 0.717) is 11.3 Å². The molecular weight excluding hydrogens is 471 g/mol. The van der Waals surface area contributed by atoms with Gasteiger partial charge in [-0.15, -0.1) is 0 Å². The van der Waals surface area contributed by atoms with E-state index in [0.717, 1.165) is 6.07 Å². The number of alkyl halides is 2. The van der Waals surface area contributed by atoms with Crippen LogP contribution in [0.25, 0.3) is 11.4 Å². The molecule has 0 unspecified atom stereocenters. The molecule has 0 saturated heterocycles. The number of halogens is 3. The predicted octanol–water partition coefficient (Wildman–Crippen LogP) is 3.71. The van der Waals surface area contributed by atoms with E-state index in [4.69, 9.17) is 5.73 Å². The van der Waals surface area contributed by atoms with Crippen molar-refractivity contribution < 1.29 is 26.4 Å². The first kappa shape index (κ1) is 23.5. The van der Waals surface area contributed by atoms with Gasteiger partial charge in [0.05, 0.1) is 12.2 Å². The second-order valence-corrected chi connectivity index (χ2v) is 9.96. The van der Waals surface area contributed by atoms with Crippen molar-refractivity contribution in [1.82, 2.24) is 15.3 Å². The lowest BCUT2D eigenvalue weighted by Crippen LogP contribution is -2.32. The summed E-state index contributed by atoms with van der Waals surface area (Å²) in [6, 6.07) is 11.9. The second kappa shape index (κ2) is 8.93. The fourth-order valence-corrected chi connectivity index (χ4v) is 5.55. The number of amides is 2. The first-order chi connectivity index (χ1) is 16.1. The van der Waals surface area contributed by atoms with Gasteiger partial charge in [-0.05, 0) is 49.2 Å². The van der Waals surface area contributed by atoms with Crippen LogP contribution in [0.3, 0.4) is 0 Å². The van der Waals surface area contributed by atoms with Crippen LogP contribution in [0.4, 0.5) is 29.5 Å². The number of sulfone groups is 1. The van der Waals surface area contributed by atoms with Gasteiger partial charge in [-0.2, -0.15) is 0 Å². The molecule has 178 valence electrons. The van der Waals surface area contributed by atoms with Crippen molar-refractivity contribution in [2.24, 2.45) is 0 Å². The Labute approximate surface area is 193 Å². The number of nitrogens with one attached hydrogen (secondary N) is 2. The molecule has 3 aromatic rings. The molecule has 4 rings (SSSR count). The Morgan fingerprint density at radius 1 is 1.09 bits per heavy atom. The molecule has 4 N–H and O–H groups in total. The van der Waals surface area contributed by atoms with Gasteiger partial charge >= 0.3 is 6.03 Å². The molecule has 1 saturated carbocycles. The highest BCUT2D eigenvalue weighted by atomic mass is 32.2. The highest BCUT2D eigenvalue weighted by Gasteiger charge is 2.58. The Bertz CT molecular complexity index is 1330. The van der Waals surface area contributed by atoms with Gasteiger partial charge in [0.15, 0.2) is 15.7 Å². The maximum absolute atomic E-state index is 14.3. The molecule has 1 aliphatic rings. The van der Waals surface area contributed by atoms with Gasteiger partial charge in [-0.3, -0.25) is 0 Å². The van der Waals surface area contributed by atoms with E-state index >= 15 is 0 Å². The molecule has 1 aromatic heterocycles. The molecule has 1 fully saturated rings. The Kier molecular flexibility index (Phi) is 6.17. The van der Waals surface area contributed by atoms with Crippen molar-refractivity contribution in [3.8, 4) is 11.4 Å². The highest BCUT2D eigenvalue weighted by Crippen LogP contribution is 2.55. The Morgan fingerprint density at radius 3 is 2.38 bits per heavy atom. The average molecular weight is 491 g/mol. The average Bonchev–Trinajstić information content (AvgIpc) is 3.61. The maximum Gasteiger partial charge on any atom is 0.319 e. The minimum Gasteiger partial charge on any atom is -0.384 e. The van der Waals surface area contributed by atoms with E-state index in [1.807, 2.05) is 5.32 Å². The summed E-state index contributed by atoms with van der Waals surface area (Å²) < 4.78 is 63.9. The smallest absolute Gasteiger partial charge is 0.319 e. The topological polar surface area (TPSA) is 127 Å². The van der Waals surface area contributed by atoms with Gasteiger partial charge in [-0.1, -0.05) is 12.1 Å². The zero-order valence-corrected chi connectivity index (χ0v) is 18.4. The van der Waals surface area contributed by atoms with Crippen LogP contribution in [-0.4, -0.2) is 37.4 Å². The van der Waals surface area contributed by atoms with Crippen molar-refractivity contribution in [3.63, 3.8) is 0 Å². The number of anilines is 2. The normalized spacial score (nSPS) is 14.6. The van der Waals surface area contributed by atoms with Gasteiger partial charge < -0.3 is 16.4 Å². The van der Waals surface area contributed by atoms with Crippen molar-refractivity contribution in [2.45, 2.75) is 28.9 Å². The minimum atomic E-state index is -4.09. The Morgan fingerprint density at radius 2 is 1.76 bits per heavy atom. The third kappa shape index (κ3) is 4.53. The number of carbonyl (C=O) groups is 1. The number of aromatic nitrogens is 2. The summed E-state index contributed by atoms with van der Waals surface area (Å²) >= 11 is 0. The number of hydrogen-bond donors (Lipinski definition) is 3. The molecule has 1 heterocycles. The number of urea groups is 1. The molecule has 0 aliphatic heterocycles. The summed E-state index contributed by atoms with van der Waals surface area (Å²) in [5, 5.41) is 4.43. The van der Waals surface area contributed by atoms with Crippen LogP contribution < -0.4 is 16.4 Å². The van der Waals surface area contributed by atoms with Crippen LogP contribution in [0.5, 0.6) is 0 Å². The standard InChI is InChI=1S/C22H20F3N5O3S/c23-15-3-1-2-4-16(15)34(32,33)22(9-10-22)17-11-19(26)30-20(29-17)13-5-7-14(8-6-13)28-21(31)27-12-18(24)25/h1-8,11,18H,9-10,12H2,(H2,26,29,30)(H2,27,28,31). The van der Waals surface area contributed by atoms with Crippen molar-refractivity contribution in [1.29, 1.82) is 0 Å². The highest BCUT2D eigenvalue weighted by molar-refractivity contribution is 7.92. The van der Waals surface area contributed by atoms with Crippen molar-refractivity contribution in [3.05, 3.63) is 66.1 Å². The molecule has 1 aliphatic carbocycles. The van der Waals surface area contributed by atoms with Crippen LogP contribution in [0.1, 0.15) is 18.5 Å². The van der Waals surface area contributed by atoms with E-state index < -0.39 is 44.3 Å². The molecule has 0 atom stereocenters. The first-order valence-corrected chi connectivity index (χ1v) is 11.7. The van der Waals surface area contributed by atoms with E-state index in [1.165, 1.54) is 36.4 Å². The number of carbonyl (C=O) groups excluding carboxylic acids is 1. The lowest BCUT2D eigenvalue weighted by Gasteiger charge is -2.17. The number of hydrogen-bond acceptors (Lipinski definition) is 6. The van der Waals surface area contributed by atoms with E-state index in [-0.39, 0.29) is 30.2 Å².